The van der Waals surface area contributed by atoms with Gasteiger partial charge in [0.25, 0.3) is 0 Å². The van der Waals surface area contributed by atoms with Gasteiger partial charge in [0.2, 0.25) is 5.88 Å². The molecule has 0 saturated carbocycles. The van der Waals surface area contributed by atoms with E-state index in [-0.39, 0.29) is 12.2 Å². The van der Waals surface area contributed by atoms with Crippen LogP contribution in [0.5, 0.6) is 5.88 Å². The molecule has 0 aliphatic carbocycles. The van der Waals surface area contributed by atoms with Crippen LogP contribution in [-0.4, -0.2) is 69.1 Å². The van der Waals surface area contributed by atoms with Gasteiger partial charge in [0.05, 0.1) is 23.1 Å². The van der Waals surface area contributed by atoms with Crippen LogP contribution in [-0.2, 0) is 19.7 Å². The lowest BCUT2D eigenvalue weighted by atomic mass is 9.93. The maximum absolute atomic E-state index is 14.1. The first-order chi connectivity index (χ1) is 19.3. The molecule has 10 heteroatoms. The van der Waals surface area contributed by atoms with E-state index < -0.39 is 11.8 Å². The number of aromatic carboxylic acids is 1. The lowest BCUT2D eigenvalue weighted by molar-refractivity contribution is 0.0697. The second kappa shape index (κ2) is 12.3. The Bertz CT molecular complexity index is 1500. The maximum Gasteiger partial charge on any atom is 0.335 e. The molecule has 5 rings (SSSR count). The van der Waals surface area contributed by atoms with Gasteiger partial charge in [-0.1, -0.05) is 23.7 Å². The number of benzene rings is 2. The molecule has 0 bridgehead atoms. The number of rotatable bonds is 10. The van der Waals surface area contributed by atoms with Gasteiger partial charge in [-0.05, 0) is 76.4 Å². The van der Waals surface area contributed by atoms with Crippen molar-refractivity contribution in [2.75, 3.05) is 33.7 Å². The number of halogens is 2. The number of imidazole rings is 1. The summed E-state index contributed by atoms with van der Waals surface area (Å²) in [6, 6.07) is 15.4. The fraction of sp³-hybridized carbons (Fsp3) is 0.367. The molecule has 0 atom stereocenters. The van der Waals surface area contributed by atoms with Crippen molar-refractivity contribution in [3.8, 4) is 5.88 Å². The molecule has 1 aliphatic rings. The van der Waals surface area contributed by atoms with Crippen LogP contribution in [0.3, 0.4) is 0 Å². The first-order valence-electron chi connectivity index (χ1n) is 13.4. The van der Waals surface area contributed by atoms with Gasteiger partial charge in [0, 0.05) is 41.4 Å². The summed E-state index contributed by atoms with van der Waals surface area (Å²) in [4.78, 5) is 25.7. The molecule has 1 aliphatic heterocycles. The smallest absolute Gasteiger partial charge is 0.335 e. The number of hydrogen-bond acceptors (Lipinski definition) is 6. The average molecular weight is 566 g/mol. The molecule has 210 valence electrons. The third-order valence-corrected chi connectivity index (χ3v) is 7.59. The van der Waals surface area contributed by atoms with Crippen molar-refractivity contribution in [1.82, 2.24) is 24.3 Å². The molecule has 0 radical (unpaired) electrons. The van der Waals surface area contributed by atoms with Crippen LogP contribution in [0.15, 0.2) is 54.6 Å². The lowest BCUT2D eigenvalue weighted by Gasteiger charge is -2.31. The van der Waals surface area contributed by atoms with E-state index in [1.807, 2.05) is 26.2 Å². The standard InChI is InChI=1S/C30H33ClFN5O3/c1-35(2)14-15-37-27-16-21(30(38)39)7-9-26(27)33-28(37)18-36-12-10-20(11-13-36)25-4-3-5-29(34-25)40-19-22-6-8-23(31)17-24(22)32/h3-9,16-17,20H,10-15,18-19H2,1-2H3,(H,38,39). The van der Waals surface area contributed by atoms with Crippen molar-refractivity contribution in [3.63, 3.8) is 0 Å². The molecule has 8 nitrogen and oxygen atoms in total. The third kappa shape index (κ3) is 6.60. The van der Waals surface area contributed by atoms with Crippen molar-refractivity contribution >= 4 is 28.6 Å². The van der Waals surface area contributed by atoms with Gasteiger partial charge in [-0.3, -0.25) is 4.90 Å². The van der Waals surface area contributed by atoms with Crippen molar-refractivity contribution < 1.29 is 19.0 Å². The van der Waals surface area contributed by atoms with Gasteiger partial charge >= 0.3 is 5.97 Å². The number of hydrogen-bond donors (Lipinski definition) is 1. The topological polar surface area (TPSA) is 83.7 Å². The first kappa shape index (κ1) is 28.0. The molecule has 1 saturated heterocycles. The Morgan fingerprint density at radius 2 is 1.93 bits per heavy atom. The van der Waals surface area contributed by atoms with Crippen LogP contribution in [0, 0.1) is 5.82 Å². The maximum atomic E-state index is 14.1. The Balaban J connectivity index is 1.23. The summed E-state index contributed by atoms with van der Waals surface area (Å²) >= 11 is 5.84. The SMILES string of the molecule is CN(C)CCn1c(CN2CCC(c3cccc(OCc4ccc(Cl)cc4F)n3)CC2)nc2ccc(C(=O)O)cc21. The first-order valence-corrected chi connectivity index (χ1v) is 13.8. The Morgan fingerprint density at radius 3 is 2.65 bits per heavy atom. The van der Waals surface area contributed by atoms with Crippen molar-refractivity contribution in [2.45, 2.75) is 38.5 Å². The van der Waals surface area contributed by atoms with E-state index in [1.165, 1.54) is 6.07 Å². The molecular formula is C30H33ClFN5O3. The van der Waals surface area contributed by atoms with Crippen molar-refractivity contribution in [3.05, 3.63) is 88.1 Å². The summed E-state index contributed by atoms with van der Waals surface area (Å²) in [5, 5.41) is 9.83. The normalized spacial score (nSPS) is 14.7. The van der Waals surface area contributed by atoms with Crippen LogP contribution in [0.1, 0.15) is 46.2 Å². The van der Waals surface area contributed by atoms with Crippen LogP contribution < -0.4 is 4.74 Å². The number of carboxylic acids is 1. The number of ether oxygens (including phenoxy) is 1. The van der Waals surface area contributed by atoms with Gasteiger partial charge in [-0.25, -0.2) is 19.2 Å². The Kier molecular flexibility index (Phi) is 8.63. The molecule has 1 fully saturated rings. The minimum Gasteiger partial charge on any atom is -0.478 e. The van der Waals surface area contributed by atoms with Gasteiger partial charge < -0.3 is 19.3 Å². The Labute approximate surface area is 238 Å². The molecule has 0 unspecified atom stereocenters. The number of likely N-dealkylation sites (N-methyl/N-ethyl adjacent to an activating group) is 1. The van der Waals surface area contributed by atoms with Crippen molar-refractivity contribution in [1.29, 1.82) is 0 Å². The monoisotopic (exact) mass is 565 g/mol. The minimum absolute atomic E-state index is 0.0840. The quantitative estimate of drug-likeness (QED) is 0.274. The third-order valence-electron chi connectivity index (χ3n) is 7.35. The van der Waals surface area contributed by atoms with Gasteiger partial charge in [0.15, 0.2) is 0 Å². The highest BCUT2D eigenvalue weighted by atomic mass is 35.5. The molecule has 1 N–H and O–H groups in total. The zero-order valence-corrected chi connectivity index (χ0v) is 23.4. The molecule has 0 spiro atoms. The summed E-state index contributed by atoms with van der Waals surface area (Å²) in [5.74, 6) is 0.392. The second-order valence-electron chi connectivity index (χ2n) is 10.5. The number of aromatic nitrogens is 3. The molecule has 2 aromatic carbocycles. The fourth-order valence-electron chi connectivity index (χ4n) is 5.09. The second-order valence-corrected chi connectivity index (χ2v) is 10.9. The number of pyridine rings is 1. The van der Waals surface area contributed by atoms with E-state index in [9.17, 15) is 14.3 Å². The highest BCUT2D eigenvalue weighted by Crippen LogP contribution is 2.29. The number of fused-ring (bicyclic) bond motifs is 1. The summed E-state index contributed by atoms with van der Waals surface area (Å²) in [7, 11) is 4.05. The highest BCUT2D eigenvalue weighted by Gasteiger charge is 2.24. The van der Waals surface area contributed by atoms with Crippen molar-refractivity contribution in [2.24, 2.45) is 0 Å². The number of piperidine rings is 1. The predicted molar refractivity (Wildman–Crippen MR) is 152 cm³/mol. The molecule has 3 heterocycles. The predicted octanol–water partition coefficient (Wildman–Crippen LogP) is 5.44. The fourth-order valence-corrected chi connectivity index (χ4v) is 5.25. The molecule has 40 heavy (non-hydrogen) atoms. The van der Waals surface area contributed by atoms with Gasteiger partial charge in [-0.15, -0.1) is 0 Å². The molecular weight excluding hydrogens is 533 g/mol. The zero-order valence-electron chi connectivity index (χ0n) is 22.7. The van der Waals surface area contributed by atoms with E-state index in [2.05, 4.69) is 14.4 Å². The molecule has 4 aromatic rings. The summed E-state index contributed by atoms with van der Waals surface area (Å²) in [6.07, 6.45) is 1.90. The highest BCUT2D eigenvalue weighted by molar-refractivity contribution is 6.30. The largest absolute Gasteiger partial charge is 0.478 e. The number of carbonyl (C=O) groups is 1. The van der Waals surface area contributed by atoms with E-state index >= 15 is 0 Å². The number of likely N-dealkylation sites (tertiary alicyclic amines) is 1. The summed E-state index contributed by atoms with van der Waals surface area (Å²) < 4.78 is 22.1. The molecule has 2 aromatic heterocycles. The van der Waals surface area contributed by atoms with E-state index in [0.29, 0.717) is 28.9 Å². The summed E-state index contributed by atoms with van der Waals surface area (Å²) in [5.41, 5.74) is 3.34. The Hall–Kier alpha value is -3.53. The van der Waals surface area contributed by atoms with E-state index in [4.69, 9.17) is 26.3 Å². The van der Waals surface area contributed by atoms with Crippen LogP contribution in [0.25, 0.3) is 11.0 Å². The van der Waals surface area contributed by atoms with Gasteiger partial charge in [0.1, 0.15) is 18.2 Å². The minimum atomic E-state index is -0.939. The van der Waals surface area contributed by atoms with E-state index in [0.717, 1.165) is 61.6 Å². The summed E-state index contributed by atoms with van der Waals surface area (Å²) in [6.45, 7) is 4.12. The lowest BCUT2D eigenvalue weighted by Crippen LogP contribution is -2.34. The average Bonchev–Trinajstić information content (AvgIpc) is 3.28. The zero-order chi connectivity index (χ0) is 28.2. The molecule has 0 amide bonds. The van der Waals surface area contributed by atoms with Gasteiger partial charge in [-0.2, -0.15) is 0 Å². The van der Waals surface area contributed by atoms with Crippen LogP contribution in [0.4, 0.5) is 4.39 Å². The van der Waals surface area contributed by atoms with Crippen LogP contribution >= 0.6 is 11.6 Å². The van der Waals surface area contributed by atoms with Crippen LogP contribution in [0.2, 0.25) is 5.02 Å². The number of nitrogens with zero attached hydrogens (tertiary/aromatic N) is 5. The Morgan fingerprint density at radius 1 is 1.12 bits per heavy atom. The van der Waals surface area contributed by atoms with E-state index in [1.54, 1.807) is 36.4 Å². The number of carboxylic acid groups (broad SMARTS) is 1.